The number of terminal acetylenes is 1. The minimum atomic E-state index is -1.01. The lowest BCUT2D eigenvalue weighted by Crippen LogP contribution is -2.45. The van der Waals surface area contributed by atoms with E-state index in [9.17, 15) is 9.59 Å². The second kappa shape index (κ2) is 13.6. The molecule has 54 heavy (non-hydrogen) atoms. The zero-order chi connectivity index (χ0) is 37.1. The molecular formula is C43H42FN7O3. The molecule has 0 radical (unpaired) electrons. The van der Waals surface area contributed by atoms with Crippen LogP contribution in [0.4, 0.5) is 9.18 Å². The van der Waals surface area contributed by atoms with Crippen molar-refractivity contribution in [1.29, 1.82) is 0 Å². The van der Waals surface area contributed by atoms with Gasteiger partial charge in [0, 0.05) is 34.8 Å². The number of ether oxygens (including phenoxy) is 1. The number of H-pyrrole nitrogens is 2. The average molecular weight is 724 g/mol. The highest BCUT2D eigenvalue weighted by Gasteiger charge is 2.48. The van der Waals surface area contributed by atoms with Gasteiger partial charge in [-0.2, -0.15) is 0 Å². The molecule has 3 heterocycles. The molecule has 3 unspecified atom stereocenters. The number of nitrogens with one attached hydrogen (secondary N) is 4. The first-order chi connectivity index (χ1) is 26.3. The summed E-state index contributed by atoms with van der Waals surface area (Å²) in [6.07, 6.45) is 12.7. The van der Waals surface area contributed by atoms with Crippen molar-refractivity contribution < 1.29 is 18.7 Å². The number of alkyl carbamates (subject to hydrolysis) is 1. The first-order valence-corrected chi connectivity index (χ1v) is 18.8. The highest BCUT2D eigenvalue weighted by atomic mass is 19.1. The van der Waals surface area contributed by atoms with Crippen LogP contribution < -0.4 is 10.6 Å². The van der Waals surface area contributed by atoms with Crippen LogP contribution in [0, 0.1) is 30.0 Å². The molecule has 1 saturated heterocycles. The van der Waals surface area contributed by atoms with Crippen LogP contribution in [0.25, 0.3) is 33.6 Å². The predicted octanol–water partition coefficient (Wildman–Crippen LogP) is 7.19. The summed E-state index contributed by atoms with van der Waals surface area (Å²) in [6, 6.07) is 19.7. The molecule has 9 rings (SSSR count). The van der Waals surface area contributed by atoms with Gasteiger partial charge in [0.05, 0.1) is 36.8 Å². The highest BCUT2D eigenvalue weighted by molar-refractivity contribution is 5.88. The molecule has 0 spiro atoms. The van der Waals surface area contributed by atoms with E-state index in [4.69, 9.17) is 16.1 Å². The van der Waals surface area contributed by atoms with Gasteiger partial charge in [0.2, 0.25) is 0 Å². The summed E-state index contributed by atoms with van der Waals surface area (Å²) in [6.45, 7) is 1.85. The van der Waals surface area contributed by atoms with E-state index in [0.717, 1.165) is 53.4 Å². The van der Waals surface area contributed by atoms with Crippen LogP contribution >= 0.6 is 0 Å². The van der Waals surface area contributed by atoms with E-state index in [1.807, 2.05) is 25.1 Å². The maximum absolute atomic E-state index is 15.9. The molecule has 4 aliphatic rings. The third kappa shape index (κ3) is 6.24. The smallest absolute Gasteiger partial charge is 0.407 e. The Morgan fingerprint density at radius 2 is 1.81 bits per heavy atom. The van der Waals surface area contributed by atoms with Crippen LogP contribution in [0.1, 0.15) is 79.2 Å². The van der Waals surface area contributed by atoms with Crippen LogP contribution in [0.3, 0.4) is 0 Å². The Balaban J connectivity index is 0.947. The van der Waals surface area contributed by atoms with Crippen LogP contribution in [0.15, 0.2) is 72.9 Å². The highest BCUT2D eigenvalue weighted by Crippen LogP contribution is 2.44. The number of carbonyl (C=O) groups is 2. The number of halogens is 1. The molecule has 3 aromatic carbocycles. The van der Waals surface area contributed by atoms with Crippen LogP contribution in [0.2, 0.25) is 0 Å². The summed E-state index contributed by atoms with van der Waals surface area (Å²) in [4.78, 5) is 44.9. The normalized spacial score (nSPS) is 23.1. The Labute approximate surface area is 313 Å². The number of aromatic nitrogens is 4. The molecule has 1 aliphatic heterocycles. The lowest BCUT2D eigenvalue weighted by Gasteiger charge is -2.32. The predicted molar refractivity (Wildman–Crippen MR) is 202 cm³/mol. The summed E-state index contributed by atoms with van der Waals surface area (Å²) in [5, 5.41) is 6.45. The quantitative estimate of drug-likeness (QED) is 0.119. The Hall–Kier alpha value is -5.73. The SMILES string of the molecule is C#CC1CC1N(C(=O)[C@H](NC(=O)OC)c1ccccc1)[C@@H](C)c1ncc(-c2ccc(-c3ccc4c(c3)CCc3[nH]c([C@@H]5CC[C@H]6CC6N5)nc3-4)cc2F)[nH]1. The first-order valence-electron chi connectivity index (χ1n) is 18.8. The second-order valence-corrected chi connectivity index (χ2v) is 15.1. The second-order valence-electron chi connectivity index (χ2n) is 15.1. The first kappa shape index (κ1) is 34.1. The van der Waals surface area contributed by atoms with Gasteiger partial charge in [0.15, 0.2) is 0 Å². The molecule has 5 aromatic rings. The van der Waals surface area contributed by atoms with Crippen molar-refractivity contribution in [3.63, 3.8) is 0 Å². The summed E-state index contributed by atoms with van der Waals surface area (Å²) >= 11 is 0. The number of hydrogen-bond donors (Lipinski definition) is 4. The van der Waals surface area contributed by atoms with E-state index in [1.54, 1.807) is 47.5 Å². The standard InChI is InChI=1S/C43H42FN7O3/c1-4-24-21-37(24)51(42(52)38(50-43(53)54-3)25-8-6-5-7-9-25)23(2)40-45-22-36(48-40)31-15-11-27(19-32(31)44)26-10-14-30-28(18-26)12-16-33-39(30)49-41(47-33)34-17-13-29-20-35(29)46-34/h1,5-11,14-15,18-19,22-24,29,34-35,37-38,46H,12-13,16-17,20-21H2,2-3H3,(H,45,48)(H,47,49)(H,50,53)/t23-,24?,29-,34-,35?,37?,38+/m0/s1. The fourth-order valence-corrected chi connectivity index (χ4v) is 8.48. The van der Waals surface area contributed by atoms with Gasteiger partial charge in [0.1, 0.15) is 23.5 Å². The average Bonchev–Trinajstić information content (AvgIpc) is 4.05. The molecule has 3 fully saturated rings. The Kier molecular flexibility index (Phi) is 8.58. The molecular weight excluding hydrogens is 682 g/mol. The molecule has 2 saturated carbocycles. The van der Waals surface area contributed by atoms with Crippen molar-refractivity contribution in [1.82, 2.24) is 35.5 Å². The van der Waals surface area contributed by atoms with Crippen LogP contribution in [0.5, 0.6) is 0 Å². The van der Waals surface area contributed by atoms with E-state index < -0.39 is 18.2 Å². The van der Waals surface area contributed by atoms with Crippen LogP contribution in [-0.2, 0) is 22.4 Å². The van der Waals surface area contributed by atoms with Gasteiger partial charge in [-0.15, -0.1) is 12.3 Å². The van der Waals surface area contributed by atoms with Crippen molar-refractivity contribution >= 4 is 12.0 Å². The molecule has 2 aromatic heterocycles. The molecule has 3 aliphatic carbocycles. The topological polar surface area (TPSA) is 128 Å². The third-order valence-corrected chi connectivity index (χ3v) is 11.7. The monoisotopic (exact) mass is 723 g/mol. The lowest BCUT2D eigenvalue weighted by atomic mass is 9.89. The minimum absolute atomic E-state index is 0.128. The fourth-order valence-electron chi connectivity index (χ4n) is 8.48. The van der Waals surface area contributed by atoms with Gasteiger partial charge in [-0.05, 0) is 85.8 Å². The zero-order valence-electron chi connectivity index (χ0n) is 30.2. The van der Waals surface area contributed by atoms with Gasteiger partial charge in [-0.1, -0.05) is 54.6 Å². The summed E-state index contributed by atoms with van der Waals surface area (Å²) in [5.74, 6) is 4.27. The molecule has 10 nitrogen and oxygen atoms in total. The third-order valence-electron chi connectivity index (χ3n) is 11.7. The van der Waals surface area contributed by atoms with E-state index in [1.165, 1.54) is 31.2 Å². The van der Waals surface area contributed by atoms with E-state index in [-0.39, 0.29) is 23.7 Å². The molecule has 0 bridgehead atoms. The van der Waals surface area contributed by atoms with E-state index in [0.29, 0.717) is 41.1 Å². The minimum Gasteiger partial charge on any atom is -0.453 e. The lowest BCUT2D eigenvalue weighted by molar-refractivity contribution is -0.136. The number of nitrogens with zero attached hydrogens (tertiary/aromatic N) is 3. The van der Waals surface area contributed by atoms with Gasteiger partial charge in [0.25, 0.3) is 5.91 Å². The van der Waals surface area contributed by atoms with E-state index >= 15 is 4.39 Å². The number of piperidine rings is 1. The van der Waals surface area contributed by atoms with Crippen molar-refractivity contribution in [2.75, 3.05) is 7.11 Å². The van der Waals surface area contributed by atoms with Crippen LogP contribution in [-0.4, -0.2) is 56.0 Å². The molecule has 11 heteroatoms. The van der Waals surface area contributed by atoms with Crippen molar-refractivity contribution in [3.8, 4) is 46.0 Å². The summed E-state index contributed by atoms with van der Waals surface area (Å²) < 4.78 is 20.8. The van der Waals surface area contributed by atoms with Gasteiger partial charge < -0.3 is 30.2 Å². The van der Waals surface area contributed by atoms with E-state index in [2.05, 4.69) is 43.6 Å². The van der Waals surface area contributed by atoms with Crippen molar-refractivity contribution in [2.24, 2.45) is 11.8 Å². The molecule has 274 valence electrons. The number of methoxy groups -OCH3 is 1. The Morgan fingerprint density at radius 3 is 2.56 bits per heavy atom. The fraction of sp³-hybridized carbons (Fsp3) is 0.349. The number of aryl methyl sites for hydroxylation is 2. The number of imidazole rings is 2. The summed E-state index contributed by atoms with van der Waals surface area (Å²) in [7, 11) is 1.25. The number of aromatic amines is 2. The number of benzene rings is 3. The van der Waals surface area contributed by atoms with Gasteiger partial charge in [-0.3, -0.25) is 4.79 Å². The van der Waals surface area contributed by atoms with Crippen molar-refractivity contribution in [3.05, 3.63) is 107 Å². The number of hydrogen-bond acceptors (Lipinski definition) is 6. The number of rotatable bonds is 9. The molecule has 2 amide bonds. The summed E-state index contributed by atoms with van der Waals surface area (Å²) in [5.41, 5.74) is 7.77. The Bertz CT molecular complexity index is 2290. The molecule has 7 atom stereocenters. The number of fused-ring (bicyclic) bond motifs is 4. The largest absolute Gasteiger partial charge is 0.453 e. The van der Waals surface area contributed by atoms with Crippen molar-refractivity contribution in [2.45, 2.75) is 75.7 Å². The maximum atomic E-state index is 15.9. The Morgan fingerprint density at radius 1 is 1.02 bits per heavy atom. The van der Waals surface area contributed by atoms with Gasteiger partial charge in [-0.25, -0.2) is 19.2 Å². The number of amides is 2. The number of carbonyl (C=O) groups excluding carboxylic acids is 2. The zero-order valence-corrected chi connectivity index (χ0v) is 30.2. The maximum Gasteiger partial charge on any atom is 0.407 e. The van der Waals surface area contributed by atoms with Gasteiger partial charge >= 0.3 is 6.09 Å². The molecule has 4 N–H and O–H groups in total.